The molecule has 0 fully saturated rings. The quantitative estimate of drug-likeness (QED) is 0.560. The first-order valence-corrected chi connectivity index (χ1v) is 3.84. The van der Waals surface area contributed by atoms with E-state index < -0.39 is 18.2 Å². The first-order chi connectivity index (χ1) is 6.15. The maximum absolute atomic E-state index is 12.6. The molecule has 0 spiro atoms. The van der Waals surface area contributed by atoms with Gasteiger partial charge in [-0.2, -0.15) is 4.39 Å². The predicted octanol–water partition coefficient (Wildman–Crippen LogP) is -0.426. The average molecular weight is 186 g/mol. The molecule has 0 aliphatic rings. The molecular formula is C8H11FN2O2. The number of pyridine rings is 1. The monoisotopic (exact) mass is 186 g/mol. The van der Waals surface area contributed by atoms with Gasteiger partial charge >= 0.3 is 0 Å². The Morgan fingerprint density at radius 3 is 2.69 bits per heavy atom. The lowest BCUT2D eigenvalue weighted by atomic mass is 10.1. The molecule has 0 amide bonds. The van der Waals surface area contributed by atoms with E-state index in [4.69, 9.17) is 10.8 Å². The van der Waals surface area contributed by atoms with Gasteiger partial charge < -0.3 is 15.9 Å². The van der Waals surface area contributed by atoms with Gasteiger partial charge in [0.1, 0.15) is 6.10 Å². The molecular weight excluding hydrogens is 175 g/mol. The van der Waals surface area contributed by atoms with Crippen LogP contribution >= 0.6 is 0 Å². The molecule has 1 heterocycles. The van der Waals surface area contributed by atoms with Gasteiger partial charge in [-0.1, -0.05) is 6.07 Å². The fourth-order valence-electron chi connectivity index (χ4n) is 0.915. The second kappa shape index (κ2) is 4.27. The number of aliphatic hydroxyl groups is 2. The number of nitrogens with two attached hydrogens (primary N) is 1. The standard InChI is InChI=1S/C8H11FN2O2/c9-7-3-1-2-5(11-7)8(13)6(12)4-10/h1-3,6,8,12-13H,4,10H2. The van der Waals surface area contributed by atoms with Crippen molar-refractivity contribution in [3.05, 3.63) is 29.8 Å². The Morgan fingerprint density at radius 2 is 2.15 bits per heavy atom. The van der Waals surface area contributed by atoms with Crippen LogP contribution in [0.15, 0.2) is 18.2 Å². The van der Waals surface area contributed by atoms with Crippen LogP contribution < -0.4 is 5.73 Å². The van der Waals surface area contributed by atoms with Crippen molar-refractivity contribution < 1.29 is 14.6 Å². The zero-order valence-corrected chi connectivity index (χ0v) is 6.89. The maximum atomic E-state index is 12.6. The highest BCUT2D eigenvalue weighted by molar-refractivity contribution is 5.08. The number of hydrogen-bond donors (Lipinski definition) is 3. The van der Waals surface area contributed by atoms with Gasteiger partial charge in [0.15, 0.2) is 0 Å². The SMILES string of the molecule is NCC(O)C(O)c1cccc(F)n1. The molecule has 2 unspecified atom stereocenters. The number of aromatic nitrogens is 1. The van der Waals surface area contributed by atoms with Gasteiger partial charge in [-0.25, -0.2) is 4.98 Å². The van der Waals surface area contributed by atoms with E-state index in [9.17, 15) is 9.50 Å². The summed E-state index contributed by atoms with van der Waals surface area (Å²) in [7, 11) is 0. The van der Waals surface area contributed by atoms with E-state index >= 15 is 0 Å². The lowest BCUT2D eigenvalue weighted by Gasteiger charge is -2.14. The Labute approximate surface area is 74.8 Å². The van der Waals surface area contributed by atoms with E-state index in [-0.39, 0.29) is 12.2 Å². The summed E-state index contributed by atoms with van der Waals surface area (Å²) in [4.78, 5) is 3.41. The van der Waals surface area contributed by atoms with Gasteiger partial charge in [0.05, 0.1) is 11.8 Å². The Morgan fingerprint density at radius 1 is 1.46 bits per heavy atom. The van der Waals surface area contributed by atoms with Crippen molar-refractivity contribution in [2.24, 2.45) is 5.73 Å². The third-order valence-corrected chi connectivity index (χ3v) is 1.65. The van der Waals surface area contributed by atoms with Crippen molar-refractivity contribution in [1.29, 1.82) is 0 Å². The molecule has 0 aliphatic heterocycles. The third kappa shape index (κ3) is 2.45. The largest absolute Gasteiger partial charge is 0.389 e. The highest BCUT2D eigenvalue weighted by atomic mass is 19.1. The Balaban J connectivity index is 2.82. The maximum Gasteiger partial charge on any atom is 0.213 e. The fourth-order valence-corrected chi connectivity index (χ4v) is 0.915. The van der Waals surface area contributed by atoms with Gasteiger partial charge in [0.25, 0.3) is 0 Å². The van der Waals surface area contributed by atoms with Crippen LogP contribution in [0, 0.1) is 5.95 Å². The highest BCUT2D eigenvalue weighted by Crippen LogP contribution is 2.13. The Kier molecular flexibility index (Phi) is 3.30. The van der Waals surface area contributed by atoms with Crippen molar-refractivity contribution in [2.75, 3.05) is 6.54 Å². The molecule has 0 saturated carbocycles. The molecule has 0 aliphatic carbocycles. The molecule has 13 heavy (non-hydrogen) atoms. The summed E-state index contributed by atoms with van der Waals surface area (Å²) >= 11 is 0. The van der Waals surface area contributed by atoms with Crippen LogP contribution in [0.2, 0.25) is 0 Å². The summed E-state index contributed by atoms with van der Waals surface area (Å²) < 4.78 is 12.6. The summed E-state index contributed by atoms with van der Waals surface area (Å²) in [5.74, 6) is -0.694. The van der Waals surface area contributed by atoms with Crippen LogP contribution in [0.5, 0.6) is 0 Å². The van der Waals surface area contributed by atoms with Crippen LogP contribution in [0.4, 0.5) is 4.39 Å². The summed E-state index contributed by atoms with van der Waals surface area (Å²) in [6, 6.07) is 3.99. The van der Waals surface area contributed by atoms with Crippen molar-refractivity contribution in [3.63, 3.8) is 0 Å². The number of halogens is 1. The zero-order valence-electron chi connectivity index (χ0n) is 6.89. The molecule has 0 aromatic carbocycles. The van der Waals surface area contributed by atoms with Gasteiger partial charge in [0, 0.05) is 6.54 Å². The van der Waals surface area contributed by atoms with Crippen molar-refractivity contribution in [2.45, 2.75) is 12.2 Å². The highest BCUT2D eigenvalue weighted by Gasteiger charge is 2.18. The first-order valence-electron chi connectivity index (χ1n) is 3.84. The second-order valence-corrected chi connectivity index (χ2v) is 2.63. The van der Waals surface area contributed by atoms with Crippen molar-refractivity contribution >= 4 is 0 Å². The molecule has 0 radical (unpaired) electrons. The van der Waals surface area contributed by atoms with Crippen LogP contribution in [0.1, 0.15) is 11.8 Å². The van der Waals surface area contributed by atoms with Gasteiger partial charge in [-0.05, 0) is 12.1 Å². The topological polar surface area (TPSA) is 79.4 Å². The number of nitrogens with zero attached hydrogens (tertiary/aromatic N) is 1. The van der Waals surface area contributed by atoms with Crippen molar-refractivity contribution in [3.8, 4) is 0 Å². The summed E-state index contributed by atoms with van der Waals surface area (Å²) in [5, 5.41) is 18.5. The van der Waals surface area contributed by atoms with Crippen LogP contribution in [-0.2, 0) is 0 Å². The van der Waals surface area contributed by atoms with E-state index in [0.29, 0.717) is 0 Å². The molecule has 72 valence electrons. The summed E-state index contributed by atoms with van der Waals surface area (Å²) in [5.41, 5.74) is 5.20. The number of hydrogen-bond acceptors (Lipinski definition) is 4. The van der Waals surface area contributed by atoms with E-state index in [1.54, 1.807) is 0 Å². The molecule has 1 aromatic heterocycles. The minimum atomic E-state index is -1.24. The van der Waals surface area contributed by atoms with E-state index in [1.807, 2.05) is 0 Å². The molecule has 4 N–H and O–H groups in total. The molecule has 4 nitrogen and oxygen atoms in total. The second-order valence-electron chi connectivity index (χ2n) is 2.63. The molecule has 0 bridgehead atoms. The van der Waals surface area contributed by atoms with Gasteiger partial charge in [0.2, 0.25) is 5.95 Å². The predicted molar refractivity (Wildman–Crippen MR) is 44.2 cm³/mol. The number of rotatable bonds is 3. The minimum Gasteiger partial charge on any atom is -0.389 e. The lowest BCUT2D eigenvalue weighted by molar-refractivity contribution is 0.0213. The molecule has 5 heteroatoms. The molecule has 1 rings (SSSR count). The normalized spacial score (nSPS) is 15.4. The van der Waals surface area contributed by atoms with E-state index in [2.05, 4.69) is 4.98 Å². The smallest absolute Gasteiger partial charge is 0.213 e. The van der Waals surface area contributed by atoms with Gasteiger partial charge in [-0.15, -0.1) is 0 Å². The summed E-state index contributed by atoms with van der Waals surface area (Å²) in [6.45, 7) is -0.0979. The molecule has 2 atom stereocenters. The fraction of sp³-hybridized carbons (Fsp3) is 0.375. The average Bonchev–Trinajstić information content (AvgIpc) is 2.15. The van der Waals surface area contributed by atoms with Gasteiger partial charge in [-0.3, -0.25) is 0 Å². The molecule has 1 aromatic rings. The lowest BCUT2D eigenvalue weighted by Crippen LogP contribution is -2.27. The summed E-state index contributed by atoms with van der Waals surface area (Å²) in [6.07, 6.45) is -2.35. The minimum absolute atomic E-state index is 0.0814. The van der Waals surface area contributed by atoms with Crippen LogP contribution in [0.25, 0.3) is 0 Å². The molecule has 0 saturated heterocycles. The van der Waals surface area contributed by atoms with E-state index in [0.717, 1.165) is 6.07 Å². The Bertz CT molecular complexity index is 283. The zero-order chi connectivity index (χ0) is 9.84. The van der Waals surface area contributed by atoms with Crippen molar-refractivity contribution in [1.82, 2.24) is 4.98 Å². The third-order valence-electron chi connectivity index (χ3n) is 1.65. The van der Waals surface area contributed by atoms with Crippen LogP contribution in [-0.4, -0.2) is 27.8 Å². The number of aliphatic hydroxyl groups excluding tert-OH is 2. The van der Waals surface area contributed by atoms with Crippen LogP contribution in [0.3, 0.4) is 0 Å². The Hall–Kier alpha value is -1.04. The first kappa shape index (κ1) is 10.0. The van der Waals surface area contributed by atoms with E-state index in [1.165, 1.54) is 12.1 Å².